The Morgan fingerprint density at radius 1 is 1.42 bits per heavy atom. The van der Waals surface area contributed by atoms with Crippen molar-refractivity contribution in [1.29, 1.82) is 0 Å². The molecule has 1 aliphatic rings. The Morgan fingerprint density at radius 2 is 2.21 bits per heavy atom. The highest BCUT2D eigenvalue weighted by Gasteiger charge is 2.24. The molecule has 106 valence electrons. The normalized spacial score (nSPS) is 19.0. The van der Waals surface area contributed by atoms with Crippen LogP contribution in [-0.4, -0.2) is 34.1 Å². The minimum Gasteiger partial charge on any atom is -0.461 e. The predicted octanol–water partition coefficient (Wildman–Crippen LogP) is 1.18. The van der Waals surface area contributed by atoms with Gasteiger partial charge in [-0.05, 0) is 26.2 Å². The van der Waals surface area contributed by atoms with Gasteiger partial charge >= 0.3 is 6.01 Å². The van der Waals surface area contributed by atoms with Gasteiger partial charge in [0.1, 0.15) is 0 Å². The van der Waals surface area contributed by atoms with Crippen LogP contribution in [0.5, 0.6) is 6.01 Å². The molecule has 1 atom stereocenters. The van der Waals surface area contributed by atoms with Crippen LogP contribution >= 0.6 is 0 Å². The maximum absolute atomic E-state index is 5.53. The minimum atomic E-state index is 0.0165. The number of aromatic nitrogens is 3. The molecule has 1 aromatic rings. The van der Waals surface area contributed by atoms with Crippen molar-refractivity contribution >= 4 is 11.9 Å². The molecule has 0 aliphatic carbocycles. The highest BCUT2D eigenvalue weighted by molar-refractivity contribution is 5.38. The first-order valence-corrected chi connectivity index (χ1v) is 6.76. The fourth-order valence-corrected chi connectivity index (χ4v) is 2.16. The molecule has 3 N–H and O–H groups in total. The van der Waals surface area contributed by atoms with Gasteiger partial charge in [0.2, 0.25) is 11.9 Å². The molecule has 0 saturated carbocycles. The second-order valence-electron chi connectivity index (χ2n) is 5.06. The van der Waals surface area contributed by atoms with Gasteiger partial charge in [0.05, 0.1) is 6.10 Å². The summed E-state index contributed by atoms with van der Waals surface area (Å²) in [4.78, 5) is 14.9. The molecule has 0 aromatic carbocycles. The second kappa shape index (κ2) is 6.01. The molecule has 2 heterocycles. The Balaban J connectivity index is 2.19. The SMILES string of the molecule is CCC1CCN(c2nc(NN)nc(OC(C)C)n2)C1. The minimum absolute atomic E-state index is 0.0165. The number of nitrogens with one attached hydrogen (secondary N) is 1. The van der Waals surface area contributed by atoms with Crippen LogP contribution in [0.2, 0.25) is 0 Å². The Morgan fingerprint density at radius 3 is 2.79 bits per heavy atom. The summed E-state index contributed by atoms with van der Waals surface area (Å²) < 4.78 is 5.53. The van der Waals surface area contributed by atoms with E-state index in [-0.39, 0.29) is 6.10 Å². The van der Waals surface area contributed by atoms with Crippen molar-refractivity contribution in [1.82, 2.24) is 15.0 Å². The summed E-state index contributed by atoms with van der Waals surface area (Å²) in [5, 5.41) is 0. The summed E-state index contributed by atoms with van der Waals surface area (Å²) in [6.45, 7) is 8.02. The lowest BCUT2D eigenvalue weighted by Crippen LogP contribution is -2.24. The van der Waals surface area contributed by atoms with Gasteiger partial charge in [0.25, 0.3) is 0 Å². The van der Waals surface area contributed by atoms with Crippen LogP contribution in [0.1, 0.15) is 33.6 Å². The number of nitrogens with zero attached hydrogens (tertiary/aromatic N) is 4. The number of anilines is 2. The van der Waals surface area contributed by atoms with E-state index in [2.05, 4.69) is 32.2 Å². The lowest BCUT2D eigenvalue weighted by atomic mass is 10.1. The zero-order chi connectivity index (χ0) is 13.8. The number of hydrogen-bond acceptors (Lipinski definition) is 7. The molecular weight excluding hydrogens is 244 g/mol. The third kappa shape index (κ3) is 3.44. The highest BCUT2D eigenvalue weighted by Crippen LogP contribution is 2.24. The Kier molecular flexibility index (Phi) is 4.36. The van der Waals surface area contributed by atoms with Crippen molar-refractivity contribution in [2.45, 2.75) is 39.7 Å². The van der Waals surface area contributed by atoms with Gasteiger partial charge in [0, 0.05) is 13.1 Å². The molecule has 0 radical (unpaired) electrons. The van der Waals surface area contributed by atoms with Crippen LogP contribution in [-0.2, 0) is 0 Å². The van der Waals surface area contributed by atoms with E-state index in [9.17, 15) is 0 Å². The van der Waals surface area contributed by atoms with E-state index in [1.165, 1.54) is 12.8 Å². The van der Waals surface area contributed by atoms with Crippen LogP contribution < -0.4 is 20.9 Å². The van der Waals surface area contributed by atoms with Gasteiger partial charge in [-0.1, -0.05) is 13.3 Å². The van der Waals surface area contributed by atoms with Crippen molar-refractivity contribution in [3.05, 3.63) is 0 Å². The van der Waals surface area contributed by atoms with Gasteiger partial charge in [-0.25, -0.2) is 5.84 Å². The van der Waals surface area contributed by atoms with Gasteiger partial charge in [-0.15, -0.1) is 0 Å². The fraction of sp³-hybridized carbons (Fsp3) is 0.750. The summed E-state index contributed by atoms with van der Waals surface area (Å²) in [5.41, 5.74) is 2.46. The molecule has 1 aliphatic heterocycles. The van der Waals surface area contributed by atoms with E-state index < -0.39 is 0 Å². The van der Waals surface area contributed by atoms with E-state index in [4.69, 9.17) is 10.6 Å². The van der Waals surface area contributed by atoms with Crippen molar-refractivity contribution in [3.8, 4) is 6.01 Å². The zero-order valence-electron chi connectivity index (χ0n) is 11.8. The van der Waals surface area contributed by atoms with E-state index in [1.54, 1.807) is 0 Å². The number of ether oxygens (including phenoxy) is 1. The first kappa shape index (κ1) is 13.8. The number of hydrogen-bond donors (Lipinski definition) is 2. The second-order valence-corrected chi connectivity index (χ2v) is 5.06. The number of nitrogen functional groups attached to an aromatic ring is 1. The van der Waals surface area contributed by atoms with Crippen molar-refractivity contribution in [2.24, 2.45) is 11.8 Å². The van der Waals surface area contributed by atoms with Gasteiger partial charge in [-0.2, -0.15) is 15.0 Å². The molecule has 19 heavy (non-hydrogen) atoms. The maximum atomic E-state index is 5.53. The first-order valence-electron chi connectivity index (χ1n) is 6.76. The monoisotopic (exact) mass is 266 g/mol. The largest absolute Gasteiger partial charge is 0.461 e. The molecule has 1 aromatic heterocycles. The summed E-state index contributed by atoms with van der Waals surface area (Å²) >= 11 is 0. The Labute approximate surface area is 113 Å². The van der Waals surface area contributed by atoms with Gasteiger partial charge < -0.3 is 9.64 Å². The topological polar surface area (TPSA) is 89.2 Å². The lowest BCUT2D eigenvalue weighted by molar-refractivity contribution is 0.222. The average Bonchev–Trinajstić information content (AvgIpc) is 2.86. The molecule has 0 spiro atoms. The predicted molar refractivity (Wildman–Crippen MR) is 74.0 cm³/mol. The van der Waals surface area contributed by atoms with Crippen molar-refractivity contribution in [3.63, 3.8) is 0 Å². The third-order valence-corrected chi connectivity index (χ3v) is 3.22. The quantitative estimate of drug-likeness (QED) is 0.611. The summed E-state index contributed by atoms with van der Waals surface area (Å²) in [7, 11) is 0. The van der Waals surface area contributed by atoms with E-state index in [0.29, 0.717) is 23.8 Å². The molecule has 7 nitrogen and oxygen atoms in total. The molecule has 1 fully saturated rings. The summed E-state index contributed by atoms with van der Waals surface area (Å²) in [5.74, 6) is 7.07. The van der Waals surface area contributed by atoms with E-state index in [0.717, 1.165) is 13.1 Å². The maximum Gasteiger partial charge on any atom is 0.323 e. The Hall–Kier alpha value is -1.63. The average molecular weight is 266 g/mol. The highest BCUT2D eigenvalue weighted by atomic mass is 16.5. The first-order chi connectivity index (χ1) is 9.12. The third-order valence-electron chi connectivity index (χ3n) is 3.22. The number of hydrazine groups is 1. The summed E-state index contributed by atoms with van der Waals surface area (Å²) in [6, 6.07) is 0.313. The molecular formula is C12H22N6O. The molecule has 0 amide bonds. The smallest absolute Gasteiger partial charge is 0.323 e. The van der Waals surface area contributed by atoms with E-state index in [1.807, 2.05) is 13.8 Å². The van der Waals surface area contributed by atoms with E-state index >= 15 is 0 Å². The van der Waals surface area contributed by atoms with Crippen LogP contribution in [0.15, 0.2) is 0 Å². The number of rotatable bonds is 5. The van der Waals surface area contributed by atoms with Gasteiger partial charge in [-0.3, -0.25) is 5.43 Å². The standard InChI is InChI=1S/C12H22N6O/c1-4-9-5-6-18(7-9)11-14-10(17-13)15-12(16-11)19-8(2)3/h8-9H,4-7,13H2,1-3H3,(H,14,15,16,17). The molecule has 7 heteroatoms. The van der Waals surface area contributed by atoms with Crippen LogP contribution in [0, 0.1) is 5.92 Å². The summed E-state index contributed by atoms with van der Waals surface area (Å²) in [6.07, 6.45) is 2.37. The van der Waals surface area contributed by atoms with Crippen LogP contribution in [0.3, 0.4) is 0 Å². The lowest BCUT2D eigenvalue weighted by Gasteiger charge is -2.17. The van der Waals surface area contributed by atoms with Gasteiger partial charge in [0.15, 0.2) is 0 Å². The molecule has 1 saturated heterocycles. The number of nitrogens with two attached hydrogens (primary N) is 1. The van der Waals surface area contributed by atoms with Crippen molar-refractivity contribution in [2.75, 3.05) is 23.4 Å². The molecule has 2 rings (SSSR count). The zero-order valence-corrected chi connectivity index (χ0v) is 11.8. The van der Waals surface area contributed by atoms with Crippen molar-refractivity contribution < 1.29 is 4.74 Å². The van der Waals surface area contributed by atoms with Crippen LogP contribution in [0.25, 0.3) is 0 Å². The molecule has 0 bridgehead atoms. The Bertz CT molecular complexity index is 425. The fourth-order valence-electron chi connectivity index (χ4n) is 2.16. The van der Waals surface area contributed by atoms with Crippen LogP contribution in [0.4, 0.5) is 11.9 Å². The molecule has 1 unspecified atom stereocenters.